The first-order valence-corrected chi connectivity index (χ1v) is 4.82. The standard InChI is InChI=1S/C10H9N3O2/c14-10(15)9-12-7-3-4-11-5-8(7)13(9)6-1-2-6/h3-6H,1-2H2,(H,14,15). The number of carboxylic acids is 1. The van der Waals surface area contributed by atoms with E-state index in [-0.39, 0.29) is 5.82 Å². The van der Waals surface area contributed by atoms with Crippen LogP contribution in [0.2, 0.25) is 0 Å². The molecule has 1 aliphatic carbocycles. The molecule has 1 aliphatic rings. The Morgan fingerprint density at radius 2 is 2.33 bits per heavy atom. The second kappa shape index (κ2) is 2.79. The summed E-state index contributed by atoms with van der Waals surface area (Å²) < 4.78 is 1.78. The Hall–Kier alpha value is -1.91. The third-order valence-corrected chi connectivity index (χ3v) is 2.60. The third kappa shape index (κ3) is 1.20. The molecule has 2 aromatic rings. The molecule has 0 aliphatic heterocycles. The Balaban J connectivity index is 2.33. The van der Waals surface area contributed by atoms with Gasteiger partial charge in [-0.3, -0.25) is 4.98 Å². The minimum absolute atomic E-state index is 0.125. The van der Waals surface area contributed by atoms with Crippen LogP contribution in [-0.4, -0.2) is 25.6 Å². The quantitative estimate of drug-likeness (QED) is 0.802. The summed E-state index contributed by atoms with van der Waals surface area (Å²) in [4.78, 5) is 19.1. The van der Waals surface area contributed by atoms with Gasteiger partial charge in [-0.2, -0.15) is 0 Å². The molecule has 1 fully saturated rings. The van der Waals surface area contributed by atoms with Crippen molar-refractivity contribution in [3.63, 3.8) is 0 Å². The van der Waals surface area contributed by atoms with Crippen molar-refractivity contribution >= 4 is 17.0 Å². The lowest BCUT2D eigenvalue weighted by atomic mass is 10.4. The SMILES string of the molecule is O=C(O)c1nc2ccncc2n1C1CC1. The fraction of sp³-hybridized carbons (Fsp3) is 0.300. The van der Waals surface area contributed by atoms with E-state index in [1.54, 1.807) is 23.0 Å². The number of pyridine rings is 1. The molecule has 0 bridgehead atoms. The first-order valence-electron chi connectivity index (χ1n) is 4.82. The molecule has 76 valence electrons. The van der Waals surface area contributed by atoms with E-state index in [1.807, 2.05) is 0 Å². The zero-order valence-electron chi connectivity index (χ0n) is 7.92. The highest BCUT2D eigenvalue weighted by Gasteiger charge is 2.30. The smallest absolute Gasteiger partial charge is 0.372 e. The van der Waals surface area contributed by atoms with Crippen LogP contribution in [0.15, 0.2) is 18.5 Å². The van der Waals surface area contributed by atoms with Gasteiger partial charge in [0, 0.05) is 12.2 Å². The van der Waals surface area contributed by atoms with Crippen LogP contribution in [0.3, 0.4) is 0 Å². The van der Waals surface area contributed by atoms with Gasteiger partial charge in [0.2, 0.25) is 5.82 Å². The first-order chi connectivity index (χ1) is 7.27. The Kier molecular flexibility index (Phi) is 1.56. The number of hydrogen-bond acceptors (Lipinski definition) is 3. The summed E-state index contributed by atoms with van der Waals surface area (Å²) in [6.45, 7) is 0. The average Bonchev–Trinajstić information content (AvgIpc) is 2.98. The van der Waals surface area contributed by atoms with Gasteiger partial charge in [0.1, 0.15) is 0 Å². The third-order valence-electron chi connectivity index (χ3n) is 2.60. The normalized spacial score (nSPS) is 15.7. The Morgan fingerprint density at radius 1 is 1.53 bits per heavy atom. The maximum Gasteiger partial charge on any atom is 0.372 e. The molecule has 2 aromatic heterocycles. The van der Waals surface area contributed by atoms with Crippen molar-refractivity contribution in [1.29, 1.82) is 0 Å². The molecule has 0 amide bonds. The van der Waals surface area contributed by atoms with Crippen LogP contribution in [0.4, 0.5) is 0 Å². The molecule has 0 unspecified atom stereocenters. The van der Waals surface area contributed by atoms with E-state index < -0.39 is 5.97 Å². The minimum Gasteiger partial charge on any atom is -0.475 e. The van der Waals surface area contributed by atoms with Crippen molar-refractivity contribution in [1.82, 2.24) is 14.5 Å². The summed E-state index contributed by atoms with van der Waals surface area (Å²) >= 11 is 0. The van der Waals surface area contributed by atoms with Gasteiger partial charge >= 0.3 is 5.97 Å². The van der Waals surface area contributed by atoms with Crippen LogP contribution in [0.5, 0.6) is 0 Å². The molecule has 2 heterocycles. The van der Waals surface area contributed by atoms with E-state index in [0.717, 1.165) is 18.4 Å². The Bertz CT molecular complexity index is 543. The molecule has 3 rings (SSSR count). The zero-order valence-corrected chi connectivity index (χ0v) is 7.92. The number of fused-ring (bicyclic) bond motifs is 1. The first kappa shape index (κ1) is 8.40. The molecule has 0 aromatic carbocycles. The highest BCUT2D eigenvalue weighted by atomic mass is 16.4. The topological polar surface area (TPSA) is 68.0 Å². The molecule has 5 heteroatoms. The number of hydrogen-bond donors (Lipinski definition) is 1. The van der Waals surface area contributed by atoms with Crippen molar-refractivity contribution in [3.8, 4) is 0 Å². The van der Waals surface area contributed by atoms with E-state index in [1.165, 1.54) is 0 Å². The number of aromatic nitrogens is 3. The molecule has 0 spiro atoms. The van der Waals surface area contributed by atoms with Gasteiger partial charge in [0.25, 0.3) is 0 Å². The number of imidazole rings is 1. The molecule has 15 heavy (non-hydrogen) atoms. The highest BCUT2D eigenvalue weighted by molar-refractivity contribution is 5.89. The van der Waals surface area contributed by atoms with Crippen molar-refractivity contribution < 1.29 is 9.90 Å². The fourth-order valence-electron chi connectivity index (χ4n) is 1.79. The van der Waals surface area contributed by atoms with Crippen LogP contribution in [0.25, 0.3) is 11.0 Å². The van der Waals surface area contributed by atoms with Crippen LogP contribution in [0.1, 0.15) is 29.5 Å². The zero-order chi connectivity index (χ0) is 10.4. The molecule has 0 radical (unpaired) electrons. The maximum absolute atomic E-state index is 11.0. The van der Waals surface area contributed by atoms with Gasteiger partial charge in [-0.25, -0.2) is 9.78 Å². The van der Waals surface area contributed by atoms with E-state index in [2.05, 4.69) is 9.97 Å². The molecule has 0 atom stereocenters. The molecular weight excluding hydrogens is 194 g/mol. The summed E-state index contributed by atoms with van der Waals surface area (Å²) in [5, 5.41) is 9.04. The van der Waals surface area contributed by atoms with Crippen LogP contribution >= 0.6 is 0 Å². The summed E-state index contributed by atoms with van der Waals surface area (Å²) in [5.74, 6) is -0.849. The van der Waals surface area contributed by atoms with Gasteiger partial charge in [0.15, 0.2) is 0 Å². The lowest BCUT2D eigenvalue weighted by Gasteiger charge is -2.02. The summed E-state index contributed by atoms with van der Waals surface area (Å²) in [6, 6.07) is 2.03. The molecule has 5 nitrogen and oxygen atoms in total. The van der Waals surface area contributed by atoms with Gasteiger partial charge in [0.05, 0.1) is 17.2 Å². The largest absolute Gasteiger partial charge is 0.475 e. The van der Waals surface area contributed by atoms with E-state index in [4.69, 9.17) is 5.11 Å². The Morgan fingerprint density at radius 3 is 3.00 bits per heavy atom. The molecule has 1 saturated carbocycles. The van der Waals surface area contributed by atoms with Gasteiger partial charge < -0.3 is 9.67 Å². The number of aromatic carboxylic acids is 1. The minimum atomic E-state index is -0.974. The van der Waals surface area contributed by atoms with Gasteiger partial charge in [-0.15, -0.1) is 0 Å². The Labute approximate surface area is 85.4 Å². The predicted octanol–water partition coefficient (Wildman–Crippen LogP) is 1.46. The maximum atomic E-state index is 11.0. The van der Waals surface area contributed by atoms with Crippen molar-refractivity contribution in [3.05, 3.63) is 24.3 Å². The number of carbonyl (C=O) groups is 1. The van der Waals surface area contributed by atoms with Crippen molar-refractivity contribution in [2.75, 3.05) is 0 Å². The molecular formula is C10H9N3O2. The van der Waals surface area contributed by atoms with Crippen LogP contribution < -0.4 is 0 Å². The van der Waals surface area contributed by atoms with Crippen LogP contribution in [0, 0.1) is 0 Å². The fourth-order valence-corrected chi connectivity index (χ4v) is 1.79. The number of nitrogens with zero attached hydrogens (tertiary/aromatic N) is 3. The molecule has 1 N–H and O–H groups in total. The van der Waals surface area contributed by atoms with E-state index >= 15 is 0 Å². The van der Waals surface area contributed by atoms with Crippen LogP contribution in [-0.2, 0) is 0 Å². The molecule has 0 saturated heterocycles. The second-order valence-corrected chi connectivity index (χ2v) is 3.71. The average molecular weight is 203 g/mol. The summed E-state index contributed by atoms with van der Waals surface area (Å²) in [6.07, 6.45) is 5.35. The van der Waals surface area contributed by atoms with Crippen molar-refractivity contribution in [2.45, 2.75) is 18.9 Å². The number of carboxylic acid groups (broad SMARTS) is 1. The van der Waals surface area contributed by atoms with Gasteiger partial charge in [-0.05, 0) is 18.9 Å². The monoisotopic (exact) mass is 203 g/mol. The second-order valence-electron chi connectivity index (χ2n) is 3.71. The highest BCUT2D eigenvalue weighted by Crippen LogP contribution is 2.38. The summed E-state index contributed by atoms with van der Waals surface area (Å²) in [5.41, 5.74) is 1.52. The number of rotatable bonds is 2. The van der Waals surface area contributed by atoms with Gasteiger partial charge in [-0.1, -0.05) is 0 Å². The van der Waals surface area contributed by atoms with E-state index in [9.17, 15) is 4.79 Å². The lowest BCUT2D eigenvalue weighted by Crippen LogP contribution is -2.08. The van der Waals surface area contributed by atoms with E-state index in [0.29, 0.717) is 11.6 Å². The summed E-state index contributed by atoms with van der Waals surface area (Å²) in [7, 11) is 0. The lowest BCUT2D eigenvalue weighted by molar-refractivity contribution is 0.0678. The predicted molar refractivity (Wildman–Crippen MR) is 52.8 cm³/mol. The van der Waals surface area contributed by atoms with Crippen molar-refractivity contribution in [2.24, 2.45) is 0 Å².